The van der Waals surface area contributed by atoms with E-state index >= 15 is 0 Å². The second-order valence-electron chi connectivity index (χ2n) is 4.33. The number of nitrogens with two attached hydrogens (primary N) is 1. The van der Waals surface area contributed by atoms with Crippen LogP contribution in [0.25, 0.3) is 10.8 Å². The number of carboxylic acid groups (broad SMARTS) is 1. The highest BCUT2D eigenvalue weighted by molar-refractivity contribution is 5.87. The third-order valence-electron chi connectivity index (χ3n) is 3.20. The van der Waals surface area contributed by atoms with E-state index in [1.807, 2.05) is 12.1 Å². The SMILES string of the molecule is CC(c1c(F)ccc2ccccc12)C(N)C(=O)O. The van der Waals surface area contributed by atoms with Crippen LogP contribution >= 0.6 is 0 Å². The predicted octanol–water partition coefficient (Wildman–Crippen LogP) is 2.49. The van der Waals surface area contributed by atoms with Gasteiger partial charge in [0.25, 0.3) is 0 Å². The van der Waals surface area contributed by atoms with Gasteiger partial charge in [-0.2, -0.15) is 0 Å². The summed E-state index contributed by atoms with van der Waals surface area (Å²) in [6.07, 6.45) is 0. The fourth-order valence-electron chi connectivity index (χ4n) is 2.13. The zero-order valence-electron chi connectivity index (χ0n) is 9.93. The number of hydrogen-bond acceptors (Lipinski definition) is 2. The first-order valence-corrected chi connectivity index (χ1v) is 5.68. The lowest BCUT2D eigenvalue weighted by Gasteiger charge is -2.19. The predicted molar refractivity (Wildman–Crippen MR) is 67.9 cm³/mol. The molecule has 2 unspecified atom stereocenters. The summed E-state index contributed by atoms with van der Waals surface area (Å²) in [7, 11) is 0. The van der Waals surface area contributed by atoms with Crippen LogP contribution in [0.15, 0.2) is 36.4 Å². The lowest BCUT2D eigenvalue weighted by atomic mass is 9.89. The highest BCUT2D eigenvalue weighted by Crippen LogP contribution is 2.29. The van der Waals surface area contributed by atoms with Gasteiger partial charge < -0.3 is 10.8 Å². The van der Waals surface area contributed by atoms with E-state index in [2.05, 4.69) is 0 Å². The van der Waals surface area contributed by atoms with Crippen molar-refractivity contribution in [3.8, 4) is 0 Å². The van der Waals surface area contributed by atoms with Gasteiger partial charge in [0.1, 0.15) is 11.9 Å². The minimum Gasteiger partial charge on any atom is -0.480 e. The van der Waals surface area contributed by atoms with Crippen LogP contribution in [0.4, 0.5) is 4.39 Å². The maximum atomic E-state index is 13.9. The summed E-state index contributed by atoms with van der Waals surface area (Å²) in [5.41, 5.74) is 5.95. The summed E-state index contributed by atoms with van der Waals surface area (Å²) in [6, 6.07) is 9.19. The third kappa shape index (κ3) is 2.07. The van der Waals surface area contributed by atoms with Gasteiger partial charge in [-0.25, -0.2) is 4.39 Å². The number of carbonyl (C=O) groups is 1. The molecule has 2 atom stereocenters. The number of carboxylic acids is 1. The smallest absolute Gasteiger partial charge is 0.321 e. The van der Waals surface area contributed by atoms with Crippen LogP contribution in [0.3, 0.4) is 0 Å². The van der Waals surface area contributed by atoms with Crippen molar-refractivity contribution in [1.82, 2.24) is 0 Å². The zero-order valence-corrected chi connectivity index (χ0v) is 9.93. The molecular weight excluding hydrogens is 233 g/mol. The van der Waals surface area contributed by atoms with Gasteiger partial charge in [-0.05, 0) is 16.8 Å². The molecule has 0 fully saturated rings. The zero-order chi connectivity index (χ0) is 13.3. The second kappa shape index (κ2) is 4.74. The van der Waals surface area contributed by atoms with Crippen molar-refractivity contribution in [2.24, 2.45) is 5.73 Å². The van der Waals surface area contributed by atoms with Gasteiger partial charge in [-0.3, -0.25) is 4.79 Å². The molecule has 3 nitrogen and oxygen atoms in total. The number of aliphatic carboxylic acids is 1. The average molecular weight is 247 g/mol. The lowest BCUT2D eigenvalue weighted by Crippen LogP contribution is -2.35. The first kappa shape index (κ1) is 12.5. The molecule has 18 heavy (non-hydrogen) atoms. The summed E-state index contributed by atoms with van der Waals surface area (Å²) in [6.45, 7) is 1.63. The fraction of sp³-hybridized carbons (Fsp3) is 0.214. The molecule has 0 heterocycles. The number of halogens is 1. The summed E-state index contributed by atoms with van der Waals surface area (Å²) in [5, 5.41) is 10.5. The molecule has 2 rings (SSSR count). The standard InChI is InChI=1S/C14H14FNO2/c1-8(13(16)14(17)18)12-10-5-3-2-4-9(10)6-7-11(12)15/h2-8,13H,16H2,1H3,(H,17,18). The Balaban J connectivity index is 2.62. The van der Waals surface area contributed by atoms with E-state index in [-0.39, 0.29) is 0 Å². The molecule has 0 aromatic heterocycles. The molecule has 0 bridgehead atoms. The molecule has 0 aliphatic rings. The van der Waals surface area contributed by atoms with Gasteiger partial charge in [0.15, 0.2) is 0 Å². The Morgan fingerprint density at radius 1 is 1.28 bits per heavy atom. The Bertz CT molecular complexity index is 597. The molecule has 2 aromatic rings. The molecule has 0 saturated heterocycles. The molecule has 0 radical (unpaired) electrons. The number of hydrogen-bond donors (Lipinski definition) is 2. The molecule has 0 aliphatic heterocycles. The molecule has 0 saturated carbocycles. The molecule has 2 aromatic carbocycles. The van der Waals surface area contributed by atoms with Gasteiger partial charge >= 0.3 is 5.97 Å². The maximum Gasteiger partial charge on any atom is 0.321 e. The van der Waals surface area contributed by atoms with E-state index in [0.29, 0.717) is 10.9 Å². The van der Waals surface area contributed by atoms with Crippen molar-refractivity contribution in [1.29, 1.82) is 0 Å². The van der Waals surface area contributed by atoms with Crippen molar-refractivity contribution in [2.75, 3.05) is 0 Å². The van der Waals surface area contributed by atoms with Crippen LogP contribution in [-0.4, -0.2) is 17.1 Å². The van der Waals surface area contributed by atoms with Gasteiger partial charge in [-0.15, -0.1) is 0 Å². The molecule has 4 heteroatoms. The quantitative estimate of drug-likeness (QED) is 0.875. The van der Waals surface area contributed by atoms with Gasteiger partial charge in [0.2, 0.25) is 0 Å². The summed E-state index contributed by atoms with van der Waals surface area (Å²) >= 11 is 0. The molecule has 94 valence electrons. The number of benzene rings is 2. The monoisotopic (exact) mass is 247 g/mol. The van der Waals surface area contributed by atoms with E-state index in [4.69, 9.17) is 10.8 Å². The molecular formula is C14H14FNO2. The summed E-state index contributed by atoms with van der Waals surface area (Å²) < 4.78 is 13.9. The first-order valence-electron chi connectivity index (χ1n) is 5.68. The summed E-state index contributed by atoms with van der Waals surface area (Å²) in [5.74, 6) is -2.14. The normalized spacial score (nSPS) is 14.4. The Kier molecular flexibility index (Phi) is 3.30. The van der Waals surface area contributed by atoms with Gasteiger partial charge in [0, 0.05) is 11.5 Å². The van der Waals surface area contributed by atoms with Crippen LogP contribution in [0.2, 0.25) is 0 Å². The topological polar surface area (TPSA) is 63.3 Å². The van der Waals surface area contributed by atoms with Crippen LogP contribution in [0.1, 0.15) is 18.4 Å². The Hall–Kier alpha value is -1.94. The Morgan fingerprint density at radius 2 is 1.94 bits per heavy atom. The van der Waals surface area contributed by atoms with E-state index in [0.717, 1.165) is 5.39 Å². The lowest BCUT2D eigenvalue weighted by molar-refractivity contribution is -0.139. The Labute approximate surface area is 104 Å². The molecule has 0 amide bonds. The highest BCUT2D eigenvalue weighted by Gasteiger charge is 2.25. The fourth-order valence-corrected chi connectivity index (χ4v) is 2.13. The van der Waals surface area contributed by atoms with E-state index in [1.54, 1.807) is 25.1 Å². The second-order valence-corrected chi connectivity index (χ2v) is 4.33. The van der Waals surface area contributed by atoms with Crippen molar-refractivity contribution in [2.45, 2.75) is 18.9 Å². The van der Waals surface area contributed by atoms with Crippen molar-refractivity contribution >= 4 is 16.7 Å². The van der Waals surface area contributed by atoms with E-state index < -0.39 is 23.7 Å². The minimum atomic E-state index is -1.13. The van der Waals surface area contributed by atoms with Crippen LogP contribution in [0, 0.1) is 5.82 Å². The largest absolute Gasteiger partial charge is 0.480 e. The number of rotatable bonds is 3. The van der Waals surface area contributed by atoms with Gasteiger partial charge in [0.05, 0.1) is 0 Å². The third-order valence-corrected chi connectivity index (χ3v) is 3.20. The maximum absolute atomic E-state index is 13.9. The van der Waals surface area contributed by atoms with Crippen LogP contribution < -0.4 is 5.73 Å². The van der Waals surface area contributed by atoms with E-state index in [9.17, 15) is 9.18 Å². The van der Waals surface area contributed by atoms with Crippen molar-refractivity contribution in [3.63, 3.8) is 0 Å². The molecule has 0 spiro atoms. The van der Waals surface area contributed by atoms with Crippen LogP contribution in [-0.2, 0) is 4.79 Å². The molecule has 3 N–H and O–H groups in total. The summed E-state index contributed by atoms with van der Waals surface area (Å²) in [4.78, 5) is 10.9. The van der Waals surface area contributed by atoms with E-state index in [1.165, 1.54) is 6.07 Å². The first-order chi connectivity index (χ1) is 8.52. The average Bonchev–Trinajstić information content (AvgIpc) is 2.37. The van der Waals surface area contributed by atoms with Crippen LogP contribution in [0.5, 0.6) is 0 Å². The number of fused-ring (bicyclic) bond motifs is 1. The van der Waals surface area contributed by atoms with Crippen molar-refractivity contribution in [3.05, 3.63) is 47.8 Å². The minimum absolute atomic E-state index is 0.364. The Morgan fingerprint density at radius 3 is 2.61 bits per heavy atom. The molecule has 0 aliphatic carbocycles. The van der Waals surface area contributed by atoms with Gasteiger partial charge in [-0.1, -0.05) is 37.3 Å². The highest BCUT2D eigenvalue weighted by atomic mass is 19.1. The van der Waals surface area contributed by atoms with Crippen molar-refractivity contribution < 1.29 is 14.3 Å².